The van der Waals surface area contributed by atoms with Crippen LogP contribution in [-0.4, -0.2) is 30.6 Å². The van der Waals surface area contributed by atoms with Gasteiger partial charge in [-0.15, -0.1) is 0 Å². The van der Waals surface area contributed by atoms with Gasteiger partial charge in [-0.1, -0.05) is 0 Å². The first-order valence-electron chi connectivity index (χ1n) is 5.49. The van der Waals surface area contributed by atoms with Crippen molar-refractivity contribution in [2.45, 2.75) is 39.7 Å². The van der Waals surface area contributed by atoms with Gasteiger partial charge in [0.05, 0.1) is 6.61 Å². The van der Waals surface area contributed by atoms with Gasteiger partial charge in [0.15, 0.2) is 0 Å². The van der Waals surface area contributed by atoms with Crippen molar-refractivity contribution in [1.82, 2.24) is 5.43 Å². The molecule has 5 nitrogen and oxygen atoms in total. The van der Waals surface area contributed by atoms with E-state index in [4.69, 9.17) is 9.47 Å². The molecule has 1 N–H and O–H groups in total. The molecule has 0 aromatic rings. The molecular weight excluding hydrogens is 208 g/mol. The van der Waals surface area contributed by atoms with Crippen molar-refractivity contribution in [3.63, 3.8) is 0 Å². The predicted octanol–water partition coefficient (Wildman–Crippen LogP) is 1.92. The van der Waals surface area contributed by atoms with Gasteiger partial charge in [-0.25, -0.2) is 10.2 Å². The van der Waals surface area contributed by atoms with Gasteiger partial charge in [-0.3, -0.25) is 0 Å². The molecule has 0 aromatic heterocycles. The topological polar surface area (TPSA) is 59.9 Å². The highest BCUT2D eigenvalue weighted by molar-refractivity contribution is 5.85. The van der Waals surface area contributed by atoms with Gasteiger partial charge >= 0.3 is 6.09 Å². The maximum Gasteiger partial charge on any atom is 0.428 e. The number of ether oxygens (including phenoxy) is 2. The number of nitrogens with one attached hydrogen (secondary N) is 1. The molecule has 0 bridgehead atoms. The van der Waals surface area contributed by atoms with Gasteiger partial charge < -0.3 is 9.47 Å². The molecule has 1 atom stereocenters. The largest absolute Gasteiger partial charge is 0.443 e. The minimum absolute atomic E-state index is 0.315. The fourth-order valence-corrected chi connectivity index (χ4v) is 1.39. The van der Waals surface area contributed by atoms with Crippen LogP contribution >= 0.6 is 0 Å². The lowest BCUT2D eigenvalue weighted by molar-refractivity contribution is 0.0529. The summed E-state index contributed by atoms with van der Waals surface area (Å²) in [6.45, 7) is 8.78. The van der Waals surface area contributed by atoms with E-state index in [1.165, 1.54) is 0 Å². The number of hydrogen-bond acceptors (Lipinski definition) is 4. The van der Waals surface area contributed by atoms with Gasteiger partial charge in [-0.05, 0) is 34.1 Å². The Kier molecular flexibility index (Phi) is 4.29. The van der Waals surface area contributed by atoms with Crippen molar-refractivity contribution in [2.24, 2.45) is 11.0 Å². The van der Waals surface area contributed by atoms with Crippen molar-refractivity contribution >= 4 is 11.8 Å². The Balaban J connectivity index is 2.37. The third-order valence-electron chi connectivity index (χ3n) is 2.24. The van der Waals surface area contributed by atoms with E-state index in [9.17, 15) is 4.79 Å². The van der Waals surface area contributed by atoms with Gasteiger partial charge in [0.25, 0.3) is 0 Å². The first-order valence-corrected chi connectivity index (χ1v) is 5.49. The normalized spacial score (nSPS) is 22.0. The lowest BCUT2D eigenvalue weighted by Crippen LogP contribution is -2.30. The summed E-state index contributed by atoms with van der Waals surface area (Å²) in [7, 11) is 0. The molecule has 1 saturated heterocycles. The van der Waals surface area contributed by atoms with Crippen LogP contribution < -0.4 is 5.43 Å². The highest BCUT2D eigenvalue weighted by Crippen LogP contribution is 2.13. The Morgan fingerprint density at radius 2 is 2.19 bits per heavy atom. The maximum absolute atomic E-state index is 11.3. The minimum atomic E-state index is -0.522. The Morgan fingerprint density at radius 1 is 1.50 bits per heavy atom. The van der Waals surface area contributed by atoms with Crippen LogP contribution in [0.3, 0.4) is 0 Å². The van der Waals surface area contributed by atoms with Gasteiger partial charge in [0, 0.05) is 18.2 Å². The molecule has 0 spiro atoms. The van der Waals surface area contributed by atoms with E-state index < -0.39 is 11.7 Å². The third-order valence-corrected chi connectivity index (χ3v) is 2.24. The number of carbonyl (C=O) groups is 1. The monoisotopic (exact) mass is 228 g/mol. The lowest BCUT2D eigenvalue weighted by atomic mass is 10.0. The lowest BCUT2D eigenvalue weighted by Gasteiger charge is -2.18. The zero-order chi connectivity index (χ0) is 12.2. The van der Waals surface area contributed by atoms with E-state index in [-0.39, 0.29) is 0 Å². The molecule has 1 fully saturated rings. The number of hydrazone groups is 1. The molecule has 92 valence electrons. The summed E-state index contributed by atoms with van der Waals surface area (Å²) in [6.07, 6.45) is 0.441. The fraction of sp³-hybridized carbons (Fsp3) is 0.818. The highest BCUT2D eigenvalue weighted by Gasteiger charge is 2.19. The van der Waals surface area contributed by atoms with E-state index in [2.05, 4.69) is 10.5 Å². The molecule has 0 saturated carbocycles. The summed E-state index contributed by atoms with van der Waals surface area (Å²) in [5, 5.41) is 4.00. The molecule has 1 amide bonds. The van der Waals surface area contributed by atoms with Crippen molar-refractivity contribution in [1.29, 1.82) is 0 Å². The quantitative estimate of drug-likeness (QED) is 0.580. The van der Waals surface area contributed by atoms with Crippen LogP contribution in [0.15, 0.2) is 5.10 Å². The van der Waals surface area contributed by atoms with Crippen molar-refractivity contribution in [2.75, 3.05) is 13.2 Å². The van der Waals surface area contributed by atoms with Crippen molar-refractivity contribution < 1.29 is 14.3 Å². The fourth-order valence-electron chi connectivity index (χ4n) is 1.39. The average Bonchev–Trinajstić information content (AvgIpc) is 2.64. The summed E-state index contributed by atoms with van der Waals surface area (Å²) < 4.78 is 10.3. The SMILES string of the molecule is C/C(=N\NC(=O)OC(C)(C)C)C1CCOC1. The summed E-state index contributed by atoms with van der Waals surface area (Å²) >= 11 is 0. The van der Waals surface area contributed by atoms with E-state index in [1.54, 1.807) is 0 Å². The van der Waals surface area contributed by atoms with Gasteiger partial charge in [0.1, 0.15) is 5.60 Å². The summed E-state index contributed by atoms with van der Waals surface area (Å²) in [4.78, 5) is 11.3. The Labute approximate surface area is 96.2 Å². The number of rotatable bonds is 2. The first-order chi connectivity index (χ1) is 7.38. The van der Waals surface area contributed by atoms with Crippen LogP contribution in [0, 0.1) is 5.92 Å². The molecule has 0 aliphatic carbocycles. The Hall–Kier alpha value is -1.10. The third kappa shape index (κ3) is 4.61. The van der Waals surface area contributed by atoms with Crippen LogP contribution in [-0.2, 0) is 9.47 Å². The second kappa shape index (κ2) is 5.30. The first kappa shape index (κ1) is 13.0. The molecule has 1 aliphatic rings. The van der Waals surface area contributed by atoms with Gasteiger partial charge in [0.2, 0.25) is 0 Å². The van der Waals surface area contributed by atoms with Crippen molar-refractivity contribution in [3.8, 4) is 0 Å². The number of hydrogen-bond donors (Lipinski definition) is 1. The number of amides is 1. The molecule has 1 rings (SSSR count). The molecule has 16 heavy (non-hydrogen) atoms. The Morgan fingerprint density at radius 3 is 2.69 bits per heavy atom. The summed E-state index contributed by atoms with van der Waals surface area (Å²) in [5.74, 6) is 0.315. The summed E-state index contributed by atoms with van der Waals surface area (Å²) in [5.41, 5.74) is 2.77. The molecule has 1 aliphatic heterocycles. The van der Waals surface area contributed by atoms with Crippen LogP contribution in [0.4, 0.5) is 4.79 Å². The van der Waals surface area contributed by atoms with Crippen LogP contribution in [0.25, 0.3) is 0 Å². The second-order valence-electron chi connectivity index (χ2n) is 4.93. The van der Waals surface area contributed by atoms with Crippen LogP contribution in [0.1, 0.15) is 34.1 Å². The second-order valence-corrected chi connectivity index (χ2v) is 4.93. The molecule has 1 unspecified atom stereocenters. The van der Waals surface area contributed by atoms with Crippen LogP contribution in [0.5, 0.6) is 0 Å². The van der Waals surface area contributed by atoms with E-state index in [1.807, 2.05) is 27.7 Å². The van der Waals surface area contributed by atoms with Crippen molar-refractivity contribution in [3.05, 3.63) is 0 Å². The molecule has 0 aromatic carbocycles. The molecule has 5 heteroatoms. The highest BCUT2D eigenvalue weighted by atomic mass is 16.6. The van der Waals surface area contributed by atoms with Crippen LogP contribution in [0.2, 0.25) is 0 Å². The smallest absolute Gasteiger partial charge is 0.428 e. The average molecular weight is 228 g/mol. The minimum Gasteiger partial charge on any atom is -0.443 e. The number of nitrogens with zero attached hydrogens (tertiary/aromatic N) is 1. The number of carbonyl (C=O) groups excluding carboxylic acids is 1. The molecule has 1 heterocycles. The van der Waals surface area contributed by atoms with E-state index in [0.717, 1.165) is 18.7 Å². The van der Waals surface area contributed by atoms with Gasteiger partial charge in [-0.2, -0.15) is 5.10 Å². The molecular formula is C11H20N2O3. The predicted molar refractivity (Wildman–Crippen MR) is 61.4 cm³/mol. The zero-order valence-electron chi connectivity index (χ0n) is 10.4. The summed E-state index contributed by atoms with van der Waals surface area (Å²) in [6, 6.07) is 0. The van der Waals surface area contributed by atoms with E-state index >= 15 is 0 Å². The maximum atomic E-state index is 11.3. The van der Waals surface area contributed by atoms with E-state index in [0.29, 0.717) is 12.5 Å². The zero-order valence-corrected chi connectivity index (χ0v) is 10.4. The molecule has 0 radical (unpaired) electrons. The Bertz CT molecular complexity index is 275. The standard InChI is InChI=1S/C11H20N2O3/c1-8(9-5-6-15-7-9)12-13-10(14)16-11(2,3)4/h9H,5-7H2,1-4H3,(H,13,14)/b12-8+.